The average molecular weight is 302 g/mol. The molecule has 1 saturated heterocycles. The fourth-order valence-corrected chi connectivity index (χ4v) is 5.13. The molecule has 1 aromatic heterocycles. The minimum Gasteiger partial charge on any atom is -0.317 e. The van der Waals surface area contributed by atoms with Crippen molar-refractivity contribution in [3.05, 3.63) is 21.9 Å². The maximum atomic E-state index is 12.3. The number of sulfonamides is 1. The molecule has 1 aromatic rings. The molecule has 2 rings (SSSR count). The summed E-state index contributed by atoms with van der Waals surface area (Å²) in [7, 11) is -3.18. The molecule has 0 radical (unpaired) electrons. The van der Waals surface area contributed by atoms with Crippen LogP contribution >= 0.6 is 11.3 Å². The summed E-state index contributed by atoms with van der Waals surface area (Å²) in [5, 5.41) is 2.96. The lowest BCUT2D eigenvalue weighted by atomic mass is 10.2. The second kappa shape index (κ2) is 6.35. The molecular weight excluding hydrogens is 280 g/mol. The molecule has 1 aliphatic heterocycles. The lowest BCUT2D eigenvalue weighted by Crippen LogP contribution is -2.44. The van der Waals surface area contributed by atoms with Crippen LogP contribution in [0.15, 0.2) is 12.1 Å². The van der Waals surface area contributed by atoms with Gasteiger partial charge in [0.2, 0.25) is 10.0 Å². The smallest absolute Gasteiger partial charge is 0.214 e. The number of hydrogen-bond acceptors (Lipinski definition) is 4. The zero-order valence-electron chi connectivity index (χ0n) is 11.5. The first-order chi connectivity index (χ1) is 8.97. The quantitative estimate of drug-likeness (QED) is 0.870. The van der Waals surface area contributed by atoms with Crippen molar-refractivity contribution >= 4 is 21.4 Å². The van der Waals surface area contributed by atoms with Gasteiger partial charge in [0.15, 0.2) is 0 Å². The Balaban J connectivity index is 1.91. The third-order valence-electron chi connectivity index (χ3n) is 3.39. The Kier molecular flexibility index (Phi) is 5.00. The average Bonchev–Trinajstić information content (AvgIpc) is 2.75. The Morgan fingerprint density at radius 1 is 1.42 bits per heavy atom. The Bertz CT molecular complexity index is 504. The number of piperidine rings is 1. The van der Waals surface area contributed by atoms with Crippen molar-refractivity contribution in [1.29, 1.82) is 0 Å². The monoisotopic (exact) mass is 302 g/mol. The third kappa shape index (κ3) is 4.27. The van der Waals surface area contributed by atoms with Crippen LogP contribution in [0.3, 0.4) is 0 Å². The molecule has 0 saturated carbocycles. The van der Waals surface area contributed by atoms with E-state index < -0.39 is 10.0 Å². The van der Waals surface area contributed by atoms with Crippen molar-refractivity contribution in [1.82, 2.24) is 10.0 Å². The SMILES string of the molecule is Cc1ccc(CC(C)NS(=O)(=O)C2CCNCC2)s1. The first-order valence-corrected chi connectivity index (χ1v) is 9.11. The Labute approximate surface area is 119 Å². The minimum absolute atomic E-state index is 0.0436. The van der Waals surface area contributed by atoms with Gasteiger partial charge in [0.1, 0.15) is 0 Å². The van der Waals surface area contributed by atoms with E-state index in [2.05, 4.69) is 29.1 Å². The van der Waals surface area contributed by atoms with Crippen molar-refractivity contribution in [2.24, 2.45) is 0 Å². The summed E-state index contributed by atoms with van der Waals surface area (Å²) in [6.45, 7) is 5.60. The highest BCUT2D eigenvalue weighted by Gasteiger charge is 2.28. The number of hydrogen-bond donors (Lipinski definition) is 2. The van der Waals surface area contributed by atoms with E-state index in [0.717, 1.165) is 19.5 Å². The molecule has 6 heteroatoms. The van der Waals surface area contributed by atoms with Gasteiger partial charge in [-0.3, -0.25) is 0 Å². The summed E-state index contributed by atoms with van der Waals surface area (Å²) in [5.74, 6) is 0. The van der Waals surface area contributed by atoms with Gasteiger partial charge >= 0.3 is 0 Å². The van der Waals surface area contributed by atoms with Crippen molar-refractivity contribution in [3.63, 3.8) is 0 Å². The first kappa shape index (κ1) is 15.0. The first-order valence-electron chi connectivity index (χ1n) is 6.74. The van der Waals surface area contributed by atoms with Crippen LogP contribution in [0.2, 0.25) is 0 Å². The second-order valence-electron chi connectivity index (χ2n) is 5.23. The van der Waals surface area contributed by atoms with Crippen LogP contribution in [0.4, 0.5) is 0 Å². The van der Waals surface area contributed by atoms with Gasteiger partial charge in [-0.15, -0.1) is 11.3 Å². The van der Waals surface area contributed by atoms with Gasteiger partial charge in [-0.05, 0) is 58.3 Å². The maximum absolute atomic E-state index is 12.3. The standard InChI is InChI=1S/C13H22N2O2S2/c1-10(9-12-4-3-11(2)18-12)15-19(16,17)13-5-7-14-8-6-13/h3-4,10,13-15H,5-9H2,1-2H3. The highest BCUT2D eigenvalue weighted by molar-refractivity contribution is 7.90. The summed E-state index contributed by atoms with van der Waals surface area (Å²) in [5.41, 5.74) is 0. The fourth-order valence-electron chi connectivity index (χ4n) is 2.42. The molecule has 108 valence electrons. The summed E-state index contributed by atoms with van der Waals surface area (Å²) in [4.78, 5) is 2.50. The molecule has 0 spiro atoms. The number of thiophene rings is 1. The summed E-state index contributed by atoms with van der Waals surface area (Å²) in [6.07, 6.45) is 2.18. The van der Waals surface area contributed by atoms with E-state index in [-0.39, 0.29) is 11.3 Å². The summed E-state index contributed by atoms with van der Waals surface area (Å²) in [6, 6.07) is 4.11. The van der Waals surface area contributed by atoms with E-state index in [1.165, 1.54) is 9.75 Å². The van der Waals surface area contributed by atoms with Crippen molar-refractivity contribution in [2.75, 3.05) is 13.1 Å². The Hall–Kier alpha value is -0.430. The fraction of sp³-hybridized carbons (Fsp3) is 0.692. The molecule has 2 N–H and O–H groups in total. The second-order valence-corrected chi connectivity index (χ2v) is 8.59. The maximum Gasteiger partial charge on any atom is 0.214 e. The van der Waals surface area contributed by atoms with Crippen LogP contribution in [0, 0.1) is 6.92 Å². The number of aryl methyl sites for hydroxylation is 1. The molecule has 19 heavy (non-hydrogen) atoms. The molecule has 0 amide bonds. The molecule has 0 aromatic carbocycles. The third-order valence-corrected chi connectivity index (χ3v) is 6.50. The van der Waals surface area contributed by atoms with Gasteiger partial charge < -0.3 is 5.32 Å². The summed E-state index contributed by atoms with van der Waals surface area (Å²) < 4.78 is 27.3. The molecule has 1 fully saturated rings. The van der Waals surface area contributed by atoms with Crippen molar-refractivity contribution in [2.45, 2.75) is 44.4 Å². The van der Waals surface area contributed by atoms with Gasteiger partial charge in [0, 0.05) is 15.8 Å². The van der Waals surface area contributed by atoms with E-state index in [1.807, 2.05) is 6.92 Å². The lowest BCUT2D eigenvalue weighted by Gasteiger charge is -2.24. The van der Waals surface area contributed by atoms with Gasteiger partial charge in [0.05, 0.1) is 5.25 Å². The zero-order chi connectivity index (χ0) is 13.9. The summed E-state index contributed by atoms with van der Waals surface area (Å²) >= 11 is 1.73. The Morgan fingerprint density at radius 2 is 2.11 bits per heavy atom. The molecule has 0 aliphatic carbocycles. The lowest BCUT2D eigenvalue weighted by molar-refractivity contribution is 0.483. The highest BCUT2D eigenvalue weighted by Crippen LogP contribution is 2.18. The van der Waals surface area contributed by atoms with Crippen LogP contribution in [0.25, 0.3) is 0 Å². The normalized spacial score (nSPS) is 19.5. The van der Waals surface area contributed by atoms with E-state index in [9.17, 15) is 8.42 Å². The van der Waals surface area contributed by atoms with Crippen LogP contribution in [-0.2, 0) is 16.4 Å². The molecule has 0 bridgehead atoms. The number of rotatable bonds is 5. The predicted molar refractivity (Wildman–Crippen MR) is 80.2 cm³/mol. The minimum atomic E-state index is -3.18. The molecule has 4 nitrogen and oxygen atoms in total. The van der Waals surface area contributed by atoms with E-state index >= 15 is 0 Å². The highest BCUT2D eigenvalue weighted by atomic mass is 32.2. The molecule has 2 heterocycles. The molecule has 1 aliphatic rings. The van der Waals surface area contributed by atoms with Crippen LogP contribution < -0.4 is 10.0 Å². The zero-order valence-corrected chi connectivity index (χ0v) is 13.1. The largest absolute Gasteiger partial charge is 0.317 e. The molecular formula is C13H22N2O2S2. The van der Waals surface area contributed by atoms with Gasteiger partial charge in [-0.25, -0.2) is 13.1 Å². The van der Waals surface area contributed by atoms with Gasteiger partial charge in [-0.2, -0.15) is 0 Å². The van der Waals surface area contributed by atoms with Crippen LogP contribution in [0.1, 0.15) is 29.5 Å². The van der Waals surface area contributed by atoms with E-state index in [1.54, 1.807) is 11.3 Å². The topological polar surface area (TPSA) is 58.2 Å². The Morgan fingerprint density at radius 3 is 2.68 bits per heavy atom. The van der Waals surface area contributed by atoms with Gasteiger partial charge in [-0.1, -0.05) is 0 Å². The number of nitrogens with one attached hydrogen (secondary N) is 2. The van der Waals surface area contributed by atoms with Crippen molar-refractivity contribution < 1.29 is 8.42 Å². The van der Waals surface area contributed by atoms with E-state index in [4.69, 9.17) is 0 Å². The predicted octanol–water partition coefficient (Wildman–Crippen LogP) is 1.66. The van der Waals surface area contributed by atoms with Crippen LogP contribution in [0.5, 0.6) is 0 Å². The van der Waals surface area contributed by atoms with E-state index in [0.29, 0.717) is 12.8 Å². The van der Waals surface area contributed by atoms with Crippen LogP contribution in [-0.4, -0.2) is 32.8 Å². The molecule has 1 unspecified atom stereocenters. The van der Waals surface area contributed by atoms with Gasteiger partial charge in [0.25, 0.3) is 0 Å². The van der Waals surface area contributed by atoms with Crippen molar-refractivity contribution in [3.8, 4) is 0 Å². The molecule has 1 atom stereocenters.